The van der Waals surface area contributed by atoms with E-state index >= 15 is 0 Å². The SMILES string of the molecule is c1ccc(-c2cc(-c3cccc(-c4ccc(-c5ccc(-c6ccc7c(c6)nc(-c6ccccc6)c6ccc8oc9ccccc9c8c67)cc5)cc4)c3)nc(-c3ccccc3)n2)cc1. The molecule has 3 aromatic heterocycles. The molecule has 4 nitrogen and oxygen atoms in total. The van der Waals surface area contributed by atoms with Crippen LogP contribution >= 0.6 is 0 Å². The van der Waals surface area contributed by atoms with Crippen molar-refractivity contribution < 1.29 is 4.42 Å². The van der Waals surface area contributed by atoms with Crippen LogP contribution in [0, 0.1) is 0 Å². The maximum absolute atomic E-state index is 6.35. The minimum Gasteiger partial charge on any atom is -0.456 e. The molecule has 9 aromatic carbocycles. The molecule has 0 aliphatic heterocycles. The maximum atomic E-state index is 6.35. The third-order valence-electron chi connectivity index (χ3n) is 12.1. The molecule has 4 heteroatoms. The summed E-state index contributed by atoms with van der Waals surface area (Å²) in [5.41, 5.74) is 16.5. The van der Waals surface area contributed by atoms with Gasteiger partial charge in [-0.05, 0) is 69.8 Å². The molecule has 12 rings (SSSR count). The predicted octanol–water partition coefficient (Wildman–Crippen LogP) is 15.7. The fraction of sp³-hybridized carbons (Fsp3) is 0. The average Bonchev–Trinajstić information content (AvgIpc) is 3.76. The van der Waals surface area contributed by atoms with Gasteiger partial charge in [0.1, 0.15) is 11.2 Å². The Bertz CT molecular complexity index is 3580. The van der Waals surface area contributed by atoms with Crippen molar-refractivity contribution in [3.05, 3.63) is 224 Å². The molecule has 294 valence electrons. The molecule has 0 N–H and O–H groups in total. The van der Waals surface area contributed by atoms with Crippen LogP contribution in [0.25, 0.3) is 122 Å². The van der Waals surface area contributed by atoms with Gasteiger partial charge in [0.15, 0.2) is 5.82 Å². The number of benzene rings is 9. The highest BCUT2D eigenvalue weighted by molar-refractivity contribution is 6.28. The van der Waals surface area contributed by atoms with E-state index in [9.17, 15) is 0 Å². The molecular weight excluding hydrogens is 767 g/mol. The fourth-order valence-electron chi connectivity index (χ4n) is 8.94. The summed E-state index contributed by atoms with van der Waals surface area (Å²) in [5.74, 6) is 0.709. The van der Waals surface area contributed by atoms with Crippen molar-refractivity contribution in [1.29, 1.82) is 0 Å². The second kappa shape index (κ2) is 15.2. The molecule has 0 radical (unpaired) electrons. The monoisotopic (exact) mass is 803 g/mol. The van der Waals surface area contributed by atoms with Gasteiger partial charge in [-0.3, -0.25) is 0 Å². The van der Waals surface area contributed by atoms with Gasteiger partial charge in [0.05, 0.1) is 22.6 Å². The minimum absolute atomic E-state index is 0.709. The third kappa shape index (κ3) is 6.62. The Morgan fingerprint density at radius 1 is 0.270 bits per heavy atom. The van der Waals surface area contributed by atoms with E-state index < -0.39 is 0 Å². The number of furan rings is 1. The van der Waals surface area contributed by atoms with E-state index in [1.165, 1.54) is 5.39 Å². The van der Waals surface area contributed by atoms with Crippen LogP contribution in [0.4, 0.5) is 0 Å². The van der Waals surface area contributed by atoms with Gasteiger partial charge in [-0.2, -0.15) is 0 Å². The summed E-state index contributed by atoms with van der Waals surface area (Å²) >= 11 is 0. The highest BCUT2D eigenvalue weighted by Gasteiger charge is 2.18. The van der Waals surface area contributed by atoms with E-state index in [1.54, 1.807) is 0 Å². The van der Waals surface area contributed by atoms with Crippen molar-refractivity contribution in [2.45, 2.75) is 0 Å². The van der Waals surface area contributed by atoms with Crippen molar-refractivity contribution in [3.63, 3.8) is 0 Å². The lowest BCUT2D eigenvalue weighted by Gasteiger charge is -2.13. The lowest BCUT2D eigenvalue weighted by atomic mass is 9.94. The quantitative estimate of drug-likeness (QED) is 0.151. The summed E-state index contributed by atoms with van der Waals surface area (Å²) in [7, 11) is 0. The molecular formula is C59H37N3O. The first-order valence-corrected chi connectivity index (χ1v) is 21.2. The third-order valence-corrected chi connectivity index (χ3v) is 12.1. The molecule has 0 aliphatic rings. The van der Waals surface area contributed by atoms with Crippen LogP contribution in [-0.4, -0.2) is 15.0 Å². The van der Waals surface area contributed by atoms with Gasteiger partial charge in [0.2, 0.25) is 0 Å². The van der Waals surface area contributed by atoms with Crippen molar-refractivity contribution >= 4 is 43.6 Å². The number of aromatic nitrogens is 3. The number of rotatable bonds is 7. The van der Waals surface area contributed by atoms with Crippen molar-refractivity contribution in [1.82, 2.24) is 15.0 Å². The minimum atomic E-state index is 0.709. The zero-order valence-electron chi connectivity index (χ0n) is 34.1. The highest BCUT2D eigenvalue weighted by Crippen LogP contribution is 2.42. The first kappa shape index (κ1) is 36.4. The number of hydrogen-bond acceptors (Lipinski definition) is 4. The van der Waals surface area contributed by atoms with Gasteiger partial charge in [-0.15, -0.1) is 0 Å². The van der Waals surface area contributed by atoms with Crippen molar-refractivity contribution in [3.8, 4) is 78.5 Å². The summed E-state index contributed by atoms with van der Waals surface area (Å²) in [5, 5.41) is 5.64. The molecule has 0 aliphatic carbocycles. The summed E-state index contributed by atoms with van der Waals surface area (Å²) < 4.78 is 6.35. The second-order valence-corrected chi connectivity index (χ2v) is 15.9. The molecule has 0 bridgehead atoms. The molecule has 63 heavy (non-hydrogen) atoms. The Morgan fingerprint density at radius 3 is 1.46 bits per heavy atom. The van der Waals surface area contributed by atoms with Crippen LogP contribution in [0.5, 0.6) is 0 Å². The summed E-state index contributed by atoms with van der Waals surface area (Å²) in [6.07, 6.45) is 0. The average molecular weight is 804 g/mol. The first-order chi connectivity index (χ1) is 31.2. The van der Waals surface area contributed by atoms with E-state index in [0.717, 1.165) is 111 Å². The van der Waals surface area contributed by atoms with Crippen molar-refractivity contribution in [2.24, 2.45) is 0 Å². The Labute approximate surface area is 364 Å². The standard InChI is InChI=1S/C59H37N3O/c1-4-13-42(14-5-1)51-37-52(62-59(61-51)44-17-8-3-9-18-44)47-20-12-19-45(35-47)40-27-23-38(24-28-40)39-25-29-41(30-26-39)46-31-32-48-53(36-46)60-58(43-15-6-2-7-16-43)50-33-34-55-57(56(48)50)49-21-10-11-22-54(49)63-55/h1-37H. The second-order valence-electron chi connectivity index (χ2n) is 15.9. The lowest BCUT2D eigenvalue weighted by molar-refractivity contribution is 0.669. The molecule has 0 atom stereocenters. The van der Waals surface area contributed by atoms with E-state index in [-0.39, 0.29) is 0 Å². The fourth-order valence-corrected chi connectivity index (χ4v) is 8.94. The van der Waals surface area contributed by atoms with Crippen LogP contribution in [0.15, 0.2) is 229 Å². The molecule has 12 aromatic rings. The van der Waals surface area contributed by atoms with Crippen molar-refractivity contribution in [2.75, 3.05) is 0 Å². The maximum Gasteiger partial charge on any atom is 0.160 e. The molecule has 0 fully saturated rings. The Balaban J connectivity index is 0.864. The van der Waals surface area contributed by atoms with Crippen LogP contribution in [0.3, 0.4) is 0 Å². The van der Waals surface area contributed by atoms with Gasteiger partial charge in [-0.25, -0.2) is 15.0 Å². The topological polar surface area (TPSA) is 51.8 Å². The smallest absolute Gasteiger partial charge is 0.160 e. The highest BCUT2D eigenvalue weighted by atomic mass is 16.3. The summed E-state index contributed by atoms with van der Waals surface area (Å²) in [4.78, 5) is 15.4. The molecule has 0 unspecified atom stereocenters. The summed E-state index contributed by atoms with van der Waals surface area (Å²) in [6, 6.07) is 78.6. The van der Waals surface area contributed by atoms with Crippen LogP contribution < -0.4 is 0 Å². The molecule has 0 saturated carbocycles. The van der Waals surface area contributed by atoms with Gasteiger partial charge in [0, 0.05) is 49.2 Å². The number of para-hydroxylation sites is 1. The van der Waals surface area contributed by atoms with Gasteiger partial charge in [-0.1, -0.05) is 188 Å². The lowest BCUT2D eigenvalue weighted by Crippen LogP contribution is -1.96. The van der Waals surface area contributed by atoms with Gasteiger partial charge < -0.3 is 4.42 Å². The number of fused-ring (bicyclic) bond motifs is 7. The van der Waals surface area contributed by atoms with E-state index in [2.05, 4.69) is 170 Å². The van der Waals surface area contributed by atoms with Gasteiger partial charge in [0.25, 0.3) is 0 Å². The molecule has 0 spiro atoms. The molecule has 3 heterocycles. The Morgan fingerprint density at radius 2 is 0.778 bits per heavy atom. The number of nitrogens with zero attached hydrogens (tertiary/aromatic N) is 3. The van der Waals surface area contributed by atoms with Gasteiger partial charge >= 0.3 is 0 Å². The first-order valence-electron chi connectivity index (χ1n) is 21.2. The molecule has 0 saturated heterocycles. The normalized spacial score (nSPS) is 11.5. The van der Waals surface area contributed by atoms with Crippen LogP contribution in [0.1, 0.15) is 0 Å². The predicted molar refractivity (Wildman–Crippen MR) is 260 cm³/mol. The van der Waals surface area contributed by atoms with Crippen LogP contribution in [0.2, 0.25) is 0 Å². The molecule has 0 amide bonds. The largest absolute Gasteiger partial charge is 0.456 e. The van der Waals surface area contributed by atoms with Crippen LogP contribution in [-0.2, 0) is 0 Å². The van der Waals surface area contributed by atoms with E-state index in [1.807, 2.05) is 54.6 Å². The zero-order chi connectivity index (χ0) is 41.7. The number of hydrogen-bond donors (Lipinski definition) is 0. The van der Waals surface area contributed by atoms with E-state index in [0.29, 0.717) is 5.82 Å². The zero-order valence-corrected chi connectivity index (χ0v) is 34.1. The Hall–Kier alpha value is -8.47. The Kier molecular flexibility index (Phi) is 8.79. The number of pyridine rings is 1. The summed E-state index contributed by atoms with van der Waals surface area (Å²) in [6.45, 7) is 0. The van der Waals surface area contributed by atoms with E-state index in [4.69, 9.17) is 19.4 Å².